The van der Waals surface area contributed by atoms with E-state index in [1.54, 1.807) is 6.07 Å². The molecule has 0 aromatic carbocycles. The molecule has 1 amide bonds. The Kier molecular flexibility index (Phi) is 5.57. The van der Waals surface area contributed by atoms with E-state index in [0.717, 1.165) is 63.9 Å². The summed E-state index contributed by atoms with van der Waals surface area (Å²) in [5, 5.41) is 13.6. The van der Waals surface area contributed by atoms with Gasteiger partial charge in [-0.3, -0.25) is 14.6 Å². The van der Waals surface area contributed by atoms with Gasteiger partial charge < -0.3 is 14.5 Å². The Morgan fingerprint density at radius 2 is 1.77 bits per heavy atom. The Balaban J connectivity index is 1.28. The number of likely N-dealkylation sites (tertiary alicyclic amines) is 1. The fourth-order valence-corrected chi connectivity index (χ4v) is 4.51. The zero-order chi connectivity index (χ0) is 17.9. The first kappa shape index (κ1) is 17.9. The monoisotopic (exact) mass is 362 g/mol. The van der Waals surface area contributed by atoms with E-state index in [2.05, 4.69) is 15.0 Å². The van der Waals surface area contributed by atoms with Crippen molar-refractivity contribution in [2.45, 2.75) is 57.2 Å². The van der Waals surface area contributed by atoms with Gasteiger partial charge in [-0.2, -0.15) is 0 Å². The largest absolute Gasteiger partial charge is 0.393 e. The highest BCUT2D eigenvalue weighted by molar-refractivity contribution is 5.92. The molecular weight excluding hydrogens is 332 g/mol. The molecule has 0 atom stereocenters. The lowest BCUT2D eigenvalue weighted by atomic mass is 10.1. The van der Waals surface area contributed by atoms with Crippen LogP contribution >= 0.6 is 0 Å². The van der Waals surface area contributed by atoms with Gasteiger partial charge in [0.15, 0.2) is 11.5 Å². The predicted octanol–water partition coefficient (Wildman–Crippen LogP) is 1.33. The third kappa shape index (κ3) is 4.10. The molecule has 1 aromatic rings. The average molecular weight is 362 g/mol. The number of carbonyl (C=O) groups is 1. The summed E-state index contributed by atoms with van der Waals surface area (Å²) in [6, 6.07) is 2.52. The maximum Gasteiger partial charge on any atom is 0.276 e. The van der Waals surface area contributed by atoms with Gasteiger partial charge in [-0.1, -0.05) is 18.0 Å². The lowest BCUT2D eigenvalue weighted by molar-refractivity contribution is 0.0563. The molecule has 7 nitrogen and oxygen atoms in total. The van der Waals surface area contributed by atoms with E-state index in [1.807, 2.05) is 4.90 Å². The summed E-state index contributed by atoms with van der Waals surface area (Å²) in [4.78, 5) is 19.4. The molecule has 144 valence electrons. The van der Waals surface area contributed by atoms with Gasteiger partial charge >= 0.3 is 0 Å². The topological polar surface area (TPSA) is 73.0 Å². The van der Waals surface area contributed by atoms with E-state index in [0.29, 0.717) is 12.2 Å². The second kappa shape index (κ2) is 8.06. The van der Waals surface area contributed by atoms with E-state index >= 15 is 0 Å². The van der Waals surface area contributed by atoms with E-state index in [4.69, 9.17) is 4.52 Å². The zero-order valence-corrected chi connectivity index (χ0v) is 15.5. The van der Waals surface area contributed by atoms with Gasteiger partial charge in [0.2, 0.25) is 0 Å². The van der Waals surface area contributed by atoms with Crippen LogP contribution in [0.3, 0.4) is 0 Å². The number of hydrogen-bond acceptors (Lipinski definition) is 6. The molecule has 0 spiro atoms. The lowest BCUT2D eigenvalue weighted by Crippen LogP contribution is -2.51. The molecule has 0 bridgehead atoms. The molecule has 3 aliphatic rings. The van der Waals surface area contributed by atoms with Crippen LogP contribution in [-0.2, 0) is 6.54 Å². The van der Waals surface area contributed by atoms with Crippen molar-refractivity contribution in [2.24, 2.45) is 0 Å². The van der Waals surface area contributed by atoms with Gasteiger partial charge in [-0.05, 0) is 25.7 Å². The van der Waals surface area contributed by atoms with Crippen LogP contribution < -0.4 is 0 Å². The summed E-state index contributed by atoms with van der Waals surface area (Å²) in [5.74, 6) is 0.717. The molecule has 7 heteroatoms. The minimum absolute atomic E-state index is 0.0138. The van der Waals surface area contributed by atoms with E-state index in [9.17, 15) is 9.90 Å². The predicted molar refractivity (Wildman–Crippen MR) is 96.8 cm³/mol. The molecule has 1 saturated carbocycles. The lowest BCUT2D eigenvalue weighted by Gasteiger charge is -2.37. The van der Waals surface area contributed by atoms with Crippen LogP contribution in [0.5, 0.6) is 0 Å². The highest BCUT2D eigenvalue weighted by Gasteiger charge is 2.29. The molecule has 26 heavy (non-hydrogen) atoms. The molecule has 3 fully saturated rings. The molecule has 1 aromatic heterocycles. The summed E-state index contributed by atoms with van der Waals surface area (Å²) in [5.41, 5.74) is 0.423. The van der Waals surface area contributed by atoms with E-state index < -0.39 is 0 Å². The molecule has 0 unspecified atom stereocenters. The number of aromatic nitrogens is 1. The third-order valence-corrected chi connectivity index (χ3v) is 6.16. The smallest absolute Gasteiger partial charge is 0.276 e. The number of hydrogen-bond donors (Lipinski definition) is 1. The summed E-state index contributed by atoms with van der Waals surface area (Å²) in [7, 11) is 0. The van der Waals surface area contributed by atoms with Crippen LogP contribution in [0.1, 0.15) is 54.8 Å². The SMILES string of the molecule is O=C(c1cc(CN2CCC(O)CC2)on1)N1CCN(C2CCCC2)CC1. The number of aliphatic hydroxyl groups is 1. The second-order valence-electron chi connectivity index (χ2n) is 7.95. The van der Waals surface area contributed by atoms with E-state index in [-0.39, 0.29) is 12.0 Å². The van der Waals surface area contributed by atoms with Crippen LogP contribution in [0.2, 0.25) is 0 Å². The molecular formula is C19H30N4O3. The molecule has 3 heterocycles. The van der Waals surface area contributed by atoms with Gasteiger partial charge in [0.05, 0.1) is 12.6 Å². The Morgan fingerprint density at radius 3 is 2.46 bits per heavy atom. The number of rotatable bonds is 4. The summed E-state index contributed by atoms with van der Waals surface area (Å²) < 4.78 is 5.40. The number of piperazine rings is 1. The second-order valence-corrected chi connectivity index (χ2v) is 7.95. The molecule has 1 N–H and O–H groups in total. The van der Waals surface area contributed by atoms with Crippen LogP contribution in [0.15, 0.2) is 10.6 Å². The standard InChI is InChI=1S/C19H30N4O3/c24-16-5-7-21(8-6-16)14-17-13-18(20-26-17)19(25)23-11-9-22(10-12-23)15-3-1-2-4-15/h13,15-16,24H,1-12,14H2. The minimum atomic E-state index is -0.180. The average Bonchev–Trinajstić information content (AvgIpc) is 3.35. The third-order valence-electron chi connectivity index (χ3n) is 6.16. The fraction of sp³-hybridized carbons (Fsp3) is 0.789. The van der Waals surface area contributed by atoms with Crippen molar-refractivity contribution in [2.75, 3.05) is 39.3 Å². The fourth-order valence-electron chi connectivity index (χ4n) is 4.51. The molecule has 0 radical (unpaired) electrons. The maximum absolute atomic E-state index is 12.7. The van der Waals surface area contributed by atoms with Gasteiger partial charge in [0.25, 0.3) is 5.91 Å². The summed E-state index contributed by atoms with van der Waals surface area (Å²) in [6.45, 7) is 5.86. The zero-order valence-electron chi connectivity index (χ0n) is 15.5. The number of nitrogens with zero attached hydrogens (tertiary/aromatic N) is 4. The first-order valence-corrected chi connectivity index (χ1v) is 10.1. The molecule has 2 saturated heterocycles. The number of aliphatic hydroxyl groups excluding tert-OH is 1. The first-order chi connectivity index (χ1) is 12.7. The summed E-state index contributed by atoms with van der Waals surface area (Å²) in [6.07, 6.45) is 6.74. The quantitative estimate of drug-likeness (QED) is 0.871. The number of piperidine rings is 1. The van der Waals surface area contributed by atoms with Crippen molar-refractivity contribution in [3.63, 3.8) is 0 Å². The van der Waals surface area contributed by atoms with Gasteiger partial charge in [-0.25, -0.2) is 0 Å². The highest BCUT2D eigenvalue weighted by Crippen LogP contribution is 2.24. The van der Waals surface area contributed by atoms with Crippen molar-refractivity contribution in [3.05, 3.63) is 17.5 Å². The normalized spacial score (nSPS) is 24.4. The minimum Gasteiger partial charge on any atom is -0.393 e. The summed E-state index contributed by atoms with van der Waals surface area (Å²) >= 11 is 0. The molecule has 2 aliphatic heterocycles. The Labute approximate surface area is 154 Å². The highest BCUT2D eigenvalue weighted by atomic mass is 16.5. The van der Waals surface area contributed by atoms with Crippen molar-refractivity contribution in [1.29, 1.82) is 0 Å². The maximum atomic E-state index is 12.7. The van der Waals surface area contributed by atoms with Gasteiger partial charge in [-0.15, -0.1) is 0 Å². The van der Waals surface area contributed by atoms with Crippen LogP contribution in [0.25, 0.3) is 0 Å². The first-order valence-electron chi connectivity index (χ1n) is 10.1. The molecule has 4 rings (SSSR count). The van der Waals surface area contributed by atoms with Crippen molar-refractivity contribution < 1.29 is 14.4 Å². The van der Waals surface area contributed by atoms with Crippen molar-refractivity contribution >= 4 is 5.91 Å². The van der Waals surface area contributed by atoms with Crippen molar-refractivity contribution in [3.8, 4) is 0 Å². The Hall–Kier alpha value is -1.44. The van der Waals surface area contributed by atoms with Gasteiger partial charge in [0, 0.05) is 51.4 Å². The van der Waals surface area contributed by atoms with Crippen LogP contribution in [0.4, 0.5) is 0 Å². The van der Waals surface area contributed by atoms with E-state index in [1.165, 1.54) is 25.7 Å². The van der Waals surface area contributed by atoms with Crippen molar-refractivity contribution in [1.82, 2.24) is 19.9 Å². The number of carbonyl (C=O) groups excluding carboxylic acids is 1. The van der Waals surface area contributed by atoms with Gasteiger partial charge in [0.1, 0.15) is 0 Å². The van der Waals surface area contributed by atoms with Crippen LogP contribution in [-0.4, -0.2) is 82.3 Å². The number of amides is 1. The van der Waals surface area contributed by atoms with Crippen LogP contribution in [0, 0.1) is 0 Å². The Bertz CT molecular complexity index is 598. The Morgan fingerprint density at radius 1 is 1.08 bits per heavy atom. The molecule has 1 aliphatic carbocycles.